The van der Waals surface area contributed by atoms with Crippen molar-refractivity contribution in [3.63, 3.8) is 0 Å². The summed E-state index contributed by atoms with van der Waals surface area (Å²) in [5.41, 5.74) is 1.21. The summed E-state index contributed by atoms with van der Waals surface area (Å²) < 4.78 is 5.38. The summed E-state index contributed by atoms with van der Waals surface area (Å²) in [6.07, 6.45) is 2.08. The van der Waals surface area contributed by atoms with Crippen LogP contribution in [0.1, 0.15) is 5.56 Å². The number of hydrogen-bond acceptors (Lipinski definition) is 2. The zero-order valence-electron chi connectivity index (χ0n) is 6.69. The second kappa shape index (κ2) is 3.68. The van der Waals surface area contributed by atoms with Gasteiger partial charge < -0.3 is 4.74 Å². The van der Waals surface area contributed by atoms with Crippen molar-refractivity contribution in [3.05, 3.63) is 41.0 Å². The number of hydrogen-bond donors (Lipinski definition) is 0. The lowest BCUT2D eigenvalue weighted by atomic mass is 10.2. The van der Waals surface area contributed by atoms with E-state index in [1.165, 1.54) is 5.56 Å². The minimum atomic E-state index is 0.851. The molecule has 0 amide bonds. The lowest BCUT2D eigenvalue weighted by Crippen LogP contribution is -1.79. The molecule has 0 saturated carbocycles. The Labute approximate surface area is 76.4 Å². The van der Waals surface area contributed by atoms with E-state index in [2.05, 4.69) is 18.2 Å². The second-order valence-electron chi connectivity index (χ2n) is 2.57. The smallest absolute Gasteiger partial charge is 0.153 e. The molecular weight excluding hydrogens is 168 g/mol. The van der Waals surface area contributed by atoms with Crippen molar-refractivity contribution in [1.29, 1.82) is 0 Å². The predicted octanol–water partition coefficient (Wildman–Crippen LogP) is 2.75. The summed E-state index contributed by atoms with van der Waals surface area (Å²) in [7, 11) is 0. The summed E-state index contributed by atoms with van der Waals surface area (Å²) in [6.45, 7) is 0.851. The first-order valence-electron chi connectivity index (χ1n) is 3.97. The first-order chi connectivity index (χ1) is 5.95. The quantitative estimate of drug-likeness (QED) is 0.654. The molecular formula is C10H10OS. The van der Waals surface area contributed by atoms with Crippen LogP contribution in [0.4, 0.5) is 0 Å². The molecule has 1 aliphatic rings. The maximum Gasteiger partial charge on any atom is 0.153 e. The first kappa shape index (κ1) is 7.74. The third-order valence-corrected chi connectivity index (χ3v) is 2.55. The standard InChI is InChI=1S/C10H10OS/c1-2-4-9(5-3-1)8-10-11-6-7-12-10/h1-5,8H,6-7H2. The minimum absolute atomic E-state index is 0.851. The van der Waals surface area contributed by atoms with Gasteiger partial charge in [0, 0.05) is 5.75 Å². The molecule has 1 aliphatic heterocycles. The fraction of sp³-hybridized carbons (Fsp3) is 0.200. The van der Waals surface area contributed by atoms with Gasteiger partial charge in [0.05, 0.1) is 6.61 Å². The molecule has 0 spiro atoms. The summed E-state index contributed by atoms with van der Waals surface area (Å²) in [4.78, 5) is 0. The number of benzene rings is 1. The molecule has 0 aliphatic carbocycles. The van der Waals surface area contributed by atoms with E-state index in [-0.39, 0.29) is 0 Å². The maximum absolute atomic E-state index is 5.38. The number of rotatable bonds is 1. The molecule has 1 nitrogen and oxygen atoms in total. The maximum atomic E-state index is 5.38. The highest BCUT2D eigenvalue weighted by Crippen LogP contribution is 2.25. The van der Waals surface area contributed by atoms with Crippen LogP contribution in [0.3, 0.4) is 0 Å². The Morgan fingerprint density at radius 1 is 1.25 bits per heavy atom. The van der Waals surface area contributed by atoms with Crippen LogP contribution in [-0.4, -0.2) is 12.4 Å². The van der Waals surface area contributed by atoms with Crippen LogP contribution in [0.2, 0.25) is 0 Å². The van der Waals surface area contributed by atoms with E-state index < -0.39 is 0 Å². The average molecular weight is 178 g/mol. The van der Waals surface area contributed by atoms with Crippen LogP contribution in [0.25, 0.3) is 6.08 Å². The van der Waals surface area contributed by atoms with Gasteiger partial charge in [-0.05, 0) is 11.6 Å². The van der Waals surface area contributed by atoms with Gasteiger partial charge in [-0.1, -0.05) is 42.1 Å². The Morgan fingerprint density at radius 3 is 2.75 bits per heavy atom. The highest BCUT2D eigenvalue weighted by atomic mass is 32.2. The molecule has 1 fully saturated rings. The molecule has 2 rings (SSSR count). The Hall–Kier alpha value is -0.890. The topological polar surface area (TPSA) is 9.23 Å². The summed E-state index contributed by atoms with van der Waals surface area (Å²) in [5.74, 6) is 1.08. The Balaban J connectivity index is 2.16. The van der Waals surface area contributed by atoms with Gasteiger partial charge in [0.2, 0.25) is 0 Å². The van der Waals surface area contributed by atoms with Gasteiger partial charge in [-0.25, -0.2) is 0 Å². The molecule has 0 N–H and O–H groups in total. The largest absolute Gasteiger partial charge is 0.486 e. The zero-order chi connectivity index (χ0) is 8.23. The van der Waals surface area contributed by atoms with E-state index in [0.29, 0.717) is 0 Å². The van der Waals surface area contributed by atoms with Crippen LogP contribution in [0.15, 0.2) is 35.4 Å². The normalized spacial score (nSPS) is 19.5. The van der Waals surface area contributed by atoms with E-state index >= 15 is 0 Å². The Morgan fingerprint density at radius 2 is 2.08 bits per heavy atom. The highest BCUT2D eigenvalue weighted by Gasteiger charge is 2.06. The van der Waals surface area contributed by atoms with E-state index in [9.17, 15) is 0 Å². The van der Waals surface area contributed by atoms with Crippen LogP contribution in [-0.2, 0) is 4.74 Å². The van der Waals surface area contributed by atoms with E-state index in [0.717, 1.165) is 17.5 Å². The SMILES string of the molecule is C(=C1OCCS1)c1ccccc1. The van der Waals surface area contributed by atoms with Gasteiger partial charge in [0.25, 0.3) is 0 Å². The lowest BCUT2D eigenvalue weighted by Gasteiger charge is -1.96. The molecule has 0 aromatic heterocycles. The first-order valence-corrected chi connectivity index (χ1v) is 4.96. The van der Waals surface area contributed by atoms with Gasteiger partial charge in [-0.2, -0.15) is 0 Å². The summed E-state index contributed by atoms with van der Waals surface area (Å²) >= 11 is 1.78. The Bertz CT molecular complexity index is 271. The van der Waals surface area contributed by atoms with Crippen molar-refractivity contribution in [1.82, 2.24) is 0 Å². The van der Waals surface area contributed by atoms with Gasteiger partial charge in [0.15, 0.2) is 5.09 Å². The third kappa shape index (κ3) is 1.83. The van der Waals surface area contributed by atoms with Crippen molar-refractivity contribution < 1.29 is 4.74 Å². The molecule has 1 aromatic carbocycles. The van der Waals surface area contributed by atoms with Gasteiger partial charge in [-0.3, -0.25) is 0 Å². The minimum Gasteiger partial charge on any atom is -0.486 e. The van der Waals surface area contributed by atoms with E-state index in [1.54, 1.807) is 11.8 Å². The number of thioether (sulfide) groups is 1. The summed E-state index contributed by atoms with van der Waals surface area (Å²) in [6, 6.07) is 10.2. The van der Waals surface area contributed by atoms with Crippen molar-refractivity contribution in [2.24, 2.45) is 0 Å². The molecule has 1 heterocycles. The fourth-order valence-corrected chi connectivity index (χ4v) is 1.85. The molecule has 0 atom stereocenters. The van der Waals surface area contributed by atoms with Crippen LogP contribution < -0.4 is 0 Å². The third-order valence-electron chi connectivity index (χ3n) is 1.66. The van der Waals surface area contributed by atoms with Crippen molar-refractivity contribution >= 4 is 17.8 Å². The van der Waals surface area contributed by atoms with Gasteiger partial charge >= 0.3 is 0 Å². The predicted molar refractivity (Wildman–Crippen MR) is 52.8 cm³/mol. The molecule has 1 saturated heterocycles. The summed E-state index contributed by atoms with van der Waals surface area (Å²) in [5, 5.41) is 1.04. The second-order valence-corrected chi connectivity index (χ2v) is 3.67. The average Bonchev–Trinajstić information content (AvgIpc) is 2.59. The van der Waals surface area contributed by atoms with Crippen molar-refractivity contribution in [2.45, 2.75) is 0 Å². The lowest BCUT2D eigenvalue weighted by molar-refractivity contribution is 0.278. The fourth-order valence-electron chi connectivity index (χ4n) is 1.09. The highest BCUT2D eigenvalue weighted by molar-refractivity contribution is 8.03. The Kier molecular flexibility index (Phi) is 2.37. The van der Waals surface area contributed by atoms with Gasteiger partial charge in [-0.15, -0.1) is 0 Å². The molecule has 1 aromatic rings. The van der Waals surface area contributed by atoms with Crippen LogP contribution in [0.5, 0.6) is 0 Å². The van der Waals surface area contributed by atoms with Crippen LogP contribution in [0, 0.1) is 0 Å². The van der Waals surface area contributed by atoms with Crippen molar-refractivity contribution in [2.75, 3.05) is 12.4 Å². The molecule has 0 unspecified atom stereocenters. The molecule has 62 valence electrons. The molecule has 0 bridgehead atoms. The number of ether oxygens (including phenoxy) is 1. The van der Waals surface area contributed by atoms with Crippen molar-refractivity contribution in [3.8, 4) is 0 Å². The van der Waals surface area contributed by atoms with Gasteiger partial charge in [0.1, 0.15) is 0 Å². The molecule has 2 heteroatoms. The van der Waals surface area contributed by atoms with E-state index in [4.69, 9.17) is 4.74 Å². The zero-order valence-corrected chi connectivity index (χ0v) is 7.51. The van der Waals surface area contributed by atoms with Crippen LogP contribution >= 0.6 is 11.8 Å². The molecule has 12 heavy (non-hydrogen) atoms. The van der Waals surface area contributed by atoms with E-state index in [1.807, 2.05) is 18.2 Å². The monoisotopic (exact) mass is 178 g/mol. The molecule has 0 radical (unpaired) electrons.